The normalized spacial score (nSPS) is 10.5. The standard InChI is InChI=1S/C22H22N4O3S.ClH/c1-28-17-12-16(13-18(14-17)29-2)21(27)26(10-5-9-25-11-8-23-15-25)22-24-19-6-3-4-7-20(19)30-22;/h3-4,6-8,11-15H,5,9-10H2,1-2H3;1H. The molecule has 162 valence electrons. The summed E-state index contributed by atoms with van der Waals surface area (Å²) in [4.78, 5) is 24.0. The zero-order chi connectivity index (χ0) is 20.9. The maximum Gasteiger partial charge on any atom is 0.260 e. The Morgan fingerprint density at radius 3 is 2.52 bits per heavy atom. The van der Waals surface area contributed by atoms with Crippen LogP contribution >= 0.6 is 23.7 Å². The topological polar surface area (TPSA) is 69.5 Å². The minimum Gasteiger partial charge on any atom is -0.497 e. The first-order valence-corrected chi connectivity index (χ1v) is 10.4. The third-order valence-corrected chi connectivity index (χ3v) is 5.77. The second kappa shape index (κ2) is 10.3. The Bertz CT molecular complexity index is 1090. The van der Waals surface area contributed by atoms with Crippen molar-refractivity contribution in [2.75, 3.05) is 25.7 Å². The highest BCUT2D eigenvalue weighted by Gasteiger charge is 2.22. The Kier molecular flexibility index (Phi) is 7.49. The number of halogens is 1. The van der Waals surface area contributed by atoms with Gasteiger partial charge in [0, 0.05) is 37.1 Å². The Morgan fingerprint density at radius 1 is 1.13 bits per heavy atom. The van der Waals surface area contributed by atoms with Crippen LogP contribution in [0.2, 0.25) is 0 Å². The molecule has 2 aromatic heterocycles. The zero-order valence-electron chi connectivity index (χ0n) is 17.2. The van der Waals surface area contributed by atoms with Crippen LogP contribution in [0.25, 0.3) is 10.2 Å². The number of hydrogen-bond acceptors (Lipinski definition) is 6. The Labute approximate surface area is 190 Å². The van der Waals surface area contributed by atoms with E-state index in [-0.39, 0.29) is 18.3 Å². The highest BCUT2D eigenvalue weighted by atomic mass is 35.5. The van der Waals surface area contributed by atoms with E-state index in [4.69, 9.17) is 14.5 Å². The molecule has 1 amide bonds. The van der Waals surface area contributed by atoms with Gasteiger partial charge in [-0.25, -0.2) is 9.97 Å². The molecule has 31 heavy (non-hydrogen) atoms. The fourth-order valence-electron chi connectivity index (χ4n) is 3.18. The lowest BCUT2D eigenvalue weighted by Gasteiger charge is -2.20. The number of nitrogens with zero attached hydrogens (tertiary/aromatic N) is 4. The number of aromatic nitrogens is 3. The molecule has 0 aliphatic heterocycles. The van der Waals surface area contributed by atoms with E-state index in [1.165, 1.54) is 11.3 Å². The Balaban J connectivity index is 0.00000272. The predicted molar refractivity (Wildman–Crippen MR) is 125 cm³/mol. The number of imidazole rings is 1. The van der Waals surface area contributed by atoms with E-state index in [9.17, 15) is 4.79 Å². The van der Waals surface area contributed by atoms with Crippen molar-refractivity contribution < 1.29 is 14.3 Å². The number of hydrogen-bond donors (Lipinski definition) is 0. The SMILES string of the molecule is COc1cc(OC)cc(C(=O)N(CCCn2ccnc2)c2nc3ccccc3s2)c1.Cl. The van der Waals surface area contributed by atoms with Gasteiger partial charge >= 0.3 is 0 Å². The highest BCUT2D eigenvalue weighted by molar-refractivity contribution is 7.22. The lowest BCUT2D eigenvalue weighted by Crippen LogP contribution is -2.32. The number of aryl methyl sites for hydroxylation is 1. The minimum atomic E-state index is -0.142. The van der Waals surface area contributed by atoms with Gasteiger partial charge in [-0.15, -0.1) is 12.4 Å². The number of ether oxygens (including phenoxy) is 2. The molecule has 0 atom stereocenters. The number of carbonyl (C=O) groups excluding carboxylic acids is 1. The third kappa shape index (κ3) is 5.15. The molecular weight excluding hydrogens is 436 g/mol. The largest absolute Gasteiger partial charge is 0.497 e. The van der Waals surface area contributed by atoms with E-state index in [0.717, 1.165) is 23.2 Å². The van der Waals surface area contributed by atoms with Gasteiger partial charge in [0.25, 0.3) is 5.91 Å². The first-order chi connectivity index (χ1) is 14.7. The summed E-state index contributed by atoms with van der Waals surface area (Å²) in [6.07, 6.45) is 6.20. The number of anilines is 1. The minimum absolute atomic E-state index is 0. The summed E-state index contributed by atoms with van der Waals surface area (Å²) in [5.74, 6) is 0.998. The molecule has 2 heterocycles. The van der Waals surface area contributed by atoms with Crippen LogP contribution in [0, 0.1) is 0 Å². The van der Waals surface area contributed by atoms with Gasteiger partial charge in [0.05, 0.1) is 30.8 Å². The zero-order valence-corrected chi connectivity index (χ0v) is 18.9. The average molecular weight is 459 g/mol. The lowest BCUT2D eigenvalue weighted by molar-refractivity contribution is 0.0985. The van der Waals surface area contributed by atoms with Gasteiger partial charge in [-0.2, -0.15) is 0 Å². The second-order valence-electron chi connectivity index (χ2n) is 6.68. The number of benzene rings is 2. The van der Waals surface area contributed by atoms with Gasteiger partial charge in [-0.1, -0.05) is 23.5 Å². The van der Waals surface area contributed by atoms with Gasteiger partial charge in [0.1, 0.15) is 11.5 Å². The molecule has 4 rings (SSSR count). The molecule has 0 aliphatic carbocycles. The summed E-state index contributed by atoms with van der Waals surface area (Å²) in [6.45, 7) is 1.28. The quantitative estimate of drug-likeness (QED) is 0.384. The molecule has 0 spiro atoms. The van der Waals surface area contributed by atoms with E-state index in [0.29, 0.717) is 28.7 Å². The number of fused-ring (bicyclic) bond motifs is 1. The van der Waals surface area contributed by atoms with Gasteiger partial charge in [0.15, 0.2) is 5.13 Å². The number of thiazole rings is 1. The van der Waals surface area contributed by atoms with E-state index < -0.39 is 0 Å². The summed E-state index contributed by atoms with van der Waals surface area (Å²) in [6, 6.07) is 13.1. The molecule has 0 unspecified atom stereocenters. The van der Waals surface area contributed by atoms with E-state index >= 15 is 0 Å². The van der Waals surface area contributed by atoms with Crippen LogP contribution in [-0.2, 0) is 6.54 Å². The van der Waals surface area contributed by atoms with Crippen LogP contribution < -0.4 is 14.4 Å². The van der Waals surface area contributed by atoms with Crippen molar-refractivity contribution in [1.82, 2.24) is 14.5 Å². The van der Waals surface area contributed by atoms with E-state index in [1.807, 2.05) is 35.0 Å². The Hall–Kier alpha value is -3.10. The van der Waals surface area contributed by atoms with E-state index in [1.54, 1.807) is 49.8 Å². The molecule has 0 saturated heterocycles. The van der Waals surface area contributed by atoms with Gasteiger partial charge in [0.2, 0.25) is 0 Å². The van der Waals surface area contributed by atoms with Crippen molar-refractivity contribution in [2.24, 2.45) is 0 Å². The van der Waals surface area contributed by atoms with Crippen molar-refractivity contribution in [1.29, 1.82) is 0 Å². The van der Waals surface area contributed by atoms with Crippen LogP contribution in [0.4, 0.5) is 5.13 Å². The average Bonchev–Trinajstić information content (AvgIpc) is 3.45. The van der Waals surface area contributed by atoms with Gasteiger partial charge in [-0.3, -0.25) is 9.69 Å². The van der Waals surface area contributed by atoms with Crippen molar-refractivity contribution >= 4 is 45.0 Å². The number of methoxy groups -OCH3 is 2. The maximum atomic E-state index is 13.5. The molecule has 0 aliphatic rings. The maximum absolute atomic E-state index is 13.5. The molecule has 2 aromatic carbocycles. The van der Waals surface area contributed by atoms with Crippen molar-refractivity contribution in [3.8, 4) is 11.5 Å². The summed E-state index contributed by atoms with van der Waals surface area (Å²) in [5, 5.41) is 0.675. The monoisotopic (exact) mass is 458 g/mol. The molecular formula is C22H23ClN4O3S. The molecule has 7 nitrogen and oxygen atoms in total. The summed E-state index contributed by atoms with van der Waals surface area (Å²) in [5.41, 5.74) is 1.38. The molecule has 0 N–H and O–H groups in total. The van der Waals surface area contributed by atoms with Crippen LogP contribution in [0.1, 0.15) is 16.8 Å². The molecule has 9 heteroatoms. The lowest BCUT2D eigenvalue weighted by atomic mass is 10.1. The first kappa shape index (κ1) is 22.6. The fourth-order valence-corrected chi connectivity index (χ4v) is 4.17. The fraction of sp³-hybridized carbons (Fsp3) is 0.227. The summed E-state index contributed by atoms with van der Waals surface area (Å²) < 4.78 is 13.7. The summed E-state index contributed by atoms with van der Waals surface area (Å²) >= 11 is 1.51. The smallest absolute Gasteiger partial charge is 0.260 e. The number of carbonyl (C=O) groups is 1. The Morgan fingerprint density at radius 2 is 1.87 bits per heavy atom. The third-order valence-electron chi connectivity index (χ3n) is 4.71. The van der Waals surface area contributed by atoms with Gasteiger partial charge < -0.3 is 14.0 Å². The van der Waals surface area contributed by atoms with Crippen molar-refractivity contribution in [3.63, 3.8) is 0 Å². The van der Waals surface area contributed by atoms with Crippen LogP contribution in [0.15, 0.2) is 61.2 Å². The van der Waals surface area contributed by atoms with Crippen molar-refractivity contribution in [3.05, 3.63) is 66.7 Å². The predicted octanol–water partition coefficient (Wildman–Crippen LogP) is 4.67. The number of amides is 1. The van der Waals surface area contributed by atoms with Gasteiger partial charge in [-0.05, 0) is 30.7 Å². The highest BCUT2D eigenvalue weighted by Crippen LogP contribution is 2.31. The summed E-state index contributed by atoms with van der Waals surface area (Å²) in [7, 11) is 3.14. The molecule has 0 saturated carbocycles. The molecule has 0 radical (unpaired) electrons. The number of para-hydroxylation sites is 1. The second-order valence-corrected chi connectivity index (χ2v) is 7.69. The van der Waals surface area contributed by atoms with Crippen LogP contribution in [-0.4, -0.2) is 41.2 Å². The number of rotatable bonds is 8. The van der Waals surface area contributed by atoms with Crippen LogP contribution in [0.5, 0.6) is 11.5 Å². The molecule has 0 fully saturated rings. The van der Waals surface area contributed by atoms with Crippen molar-refractivity contribution in [2.45, 2.75) is 13.0 Å². The molecule has 4 aromatic rings. The van der Waals surface area contributed by atoms with E-state index in [2.05, 4.69) is 4.98 Å². The first-order valence-electron chi connectivity index (χ1n) is 9.54. The molecule has 0 bridgehead atoms. The van der Waals surface area contributed by atoms with Crippen LogP contribution in [0.3, 0.4) is 0 Å².